The molecule has 0 radical (unpaired) electrons. The van der Waals surface area contributed by atoms with Gasteiger partial charge in [-0.2, -0.15) is 0 Å². The number of ketones is 2. The molecule has 30 heavy (non-hydrogen) atoms. The van der Waals surface area contributed by atoms with E-state index in [1.54, 1.807) is 12.1 Å². The standard InChI is InChI=1S/C23H26ClNO4S/c1-25-8-6-16-10-15(2-3-17(16)19(27)13-25)11-21(28)23(7-9-29-14-23)12-18(26)20-4-5-22(24)30-20/h2-5,10,19,27H,6-9,11-14H2,1H3. The van der Waals surface area contributed by atoms with E-state index in [-0.39, 0.29) is 31.0 Å². The molecule has 1 aromatic carbocycles. The third kappa shape index (κ3) is 4.53. The second-order valence-electron chi connectivity index (χ2n) is 8.45. The zero-order valence-corrected chi connectivity index (χ0v) is 18.6. The number of likely N-dealkylation sites (N-methyl/N-ethyl adjacent to an activating group) is 1. The first-order valence-corrected chi connectivity index (χ1v) is 11.4. The first-order valence-electron chi connectivity index (χ1n) is 10.2. The lowest BCUT2D eigenvalue weighted by Gasteiger charge is -2.25. The second kappa shape index (κ2) is 8.89. The summed E-state index contributed by atoms with van der Waals surface area (Å²) in [4.78, 5) is 28.8. The number of nitrogens with zero attached hydrogens (tertiary/aromatic N) is 1. The van der Waals surface area contributed by atoms with Gasteiger partial charge in [-0.3, -0.25) is 9.59 Å². The fraction of sp³-hybridized carbons (Fsp3) is 0.478. The summed E-state index contributed by atoms with van der Waals surface area (Å²) < 4.78 is 6.13. The minimum Gasteiger partial charge on any atom is -0.387 e. The van der Waals surface area contributed by atoms with Gasteiger partial charge in [0.15, 0.2) is 5.78 Å². The van der Waals surface area contributed by atoms with Crippen molar-refractivity contribution in [1.82, 2.24) is 4.90 Å². The fourth-order valence-corrected chi connectivity index (χ4v) is 5.38. The minimum absolute atomic E-state index is 0.0437. The second-order valence-corrected chi connectivity index (χ2v) is 10.2. The number of carbonyl (C=O) groups excluding carboxylic acids is 2. The van der Waals surface area contributed by atoms with Gasteiger partial charge in [0.1, 0.15) is 5.78 Å². The van der Waals surface area contributed by atoms with E-state index in [2.05, 4.69) is 4.90 Å². The summed E-state index contributed by atoms with van der Waals surface area (Å²) in [5.74, 6) is -0.0129. The van der Waals surface area contributed by atoms with Gasteiger partial charge in [0.2, 0.25) is 0 Å². The molecule has 2 aliphatic rings. The van der Waals surface area contributed by atoms with E-state index in [1.807, 2.05) is 25.2 Å². The van der Waals surface area contributed by atoms with Crippen LogP contribution in [0.4, 0.5) is 0 Å². The summed E-state index contributed by atoms with van der Waals surface area (Å²) in [7, 11) is 2.00. The highest BCUT2D eigenvalue weighted by atomic mass is 35.5. The Balaban J connectivity index is 1.52. The van der Waals surface area contributed by atoms with Crippen molar-refractivity contribution in [2.24, 2.45) is 5.41 Å². The van der Waals surface area contributed by atoms with Crippen LogP contribution >= 0.6 is 22.9 Å². The van der Waals surface area contributed by atoms with E-state index < -0.39 is 11.5 Å². The third-order valence-electron chi connectivity index (χ3n) is 6.22. The number of aliphatic hydroxyl groups excluding tert-OH is 1. The van der Waals surface area contributed by atoms with E-state index >= 15 is 0 Å². The van der Waals surface area contributed by atoms with Crippen LogP contribution in [0.1, 0.15) is 45.3 Å². The SMILES string of the molecule is CN1CCc2cc(CC(=O)C3(CC(=O)c4ccc(Cl)s4)CCOC3)ccc2C(O)C1. The minimum atomic E-state index is -0.778. The molecule has 2 aliphatic heterocycles. The Kier molecular flexibility index (Phi) is 6.42. The molecule has 2 unspecified atom stereocenters. The molecule has 2 atom stereocenters. The Morgan fingerprint density at radius 2 is 2.17 bits per heavy atom. The summed E-state index contributed by atoms with van der Waals surface area (Å²) in [6.45, 7) is 2.26. The molecule has 0 saturated carbocycles. The number of benzene rings is 1. The lowest BCUT2D eigenvalue weighted by molar-refractivity contribution is -0.128. The van der Waals surface area contributed by atoms with Crippen LogP contribution in [0.5, 0.6) is 0 Å². The van der Waals surface area contributed by atoms with Gasteiger partial charge >= 0.3 is 0 Å². The number of rotatable bonds is 6. The molecule has 1 N–H and O–H groups in total. The summed E-state index contributed by atoms with van der Waals surface area (Å²) in [5.41, 5.74) is 2.19. The van der Waals surface area contributed by atoms with Gasteiger partial charge in [-0.15, -0.1) is 11.3 Å². The molecule has 2 aromatic rings. The van der Waals surface area contributed by atoms with Gasteiger partial charge in [-0.05, 0) is 48.7 Å². The van der Waals surface area contributed by atoms with Crippen LogP contribution in [0.2, 0.25) is 4.34 Å². The van der Waals surface area contributed by atoms with Crippen LogP contribution in [0, 0.1) is 5.41 Å². The number of ether oxygens (including phenoxy) is 1. The van der Waals surface area contributed by atoms with E-state index in [0.717, 1.165) is 29.7 Å². The van der Waals surface area contributed by atoms with Crippen LogP contribution < -0.4 is 0 Å². The monoisotopic (exact) mass is 447 g/mol. The smallest absolute Gasteiger partial charge is 0.173 e. The molecule has 3 heterocycles. The van der Waals surface area contributed by atoms with Crippen molar-refractivity contribution in [3.8, 4) is 0 Å². The molecule has 0 aliphatic carbocycles. The van der Waals surface area contributed by atoms with Gasteiger partial charge in [0, 0.05) is 32.5 Å². The van der Waals surface area contributed by atoms with Gasteiger partial charge in [-0.25, -0.2) is 0 Å². The fourth-order valence-electron chi connectivity index (χ4n) is 4.40. The zero-order valence-electron chi connectivity index (χ0n) is 17.0. The molecular weight excluding hydrogens is 422 g/mol. The average Bonchev–Trinajstić information content (AvgIpc) is 3.33. The Hall–Kier alpha value is -1.57. The maximum Gasteiger partial charge on any atom is 0.173 e. The summed E-state index contributed by atoms with van der Waals surface area (Å²) in [6, 6.07) is 9.34. The molecule has 7 heteroatoms. The van der Waals surface area contributed by atoms with Crippen LogP contribution in [-0.2, 0) is 22.4 Å². The zero-order chi connectivity index (χ0) is 21.3. The Labute approximate surface area is 185 Å². The van der Waals surface area contributed by atoms with Crippen molar-refractivity contribution in [2.45, 2.75) is 31.8 Å². The van der Waals surface area contributed by atoms with Gasteiger partial charge in [0.05, 0.1) is 27.3 Å². The molecular formula is C23H26ClNO4S. The normalized spacial score (nSPS) is 24.4. The molecule has 0 bridgehead atoms. The molecule has 1 aromatic heterocycles. The van der Waals surface area contributed by atoms with Crippen LogP contribution in [0.25, 0.3) is 0 Å². The number of halogens is 1. The van der Waals surface area contributed by atoms with Crippen molar-refractivity contribution in [3.05, 3.63) is 56.2 Å². The lowest BCUT2D eigenvalue weighted by atomic mass is 9.76. The Morgan fingerprint density at radius 1 is 1.33 bits per heavy atom. The number of hydrogen-bond acceptors (Lipinski definition) is 6. The predicted molar refractivity (Wildman–Crippen MR) is 117 cm³/mol. The number of thiophene rings is 1. The number of fused-ring (bicyclic) bond motifs is 1. The quantitative estimate of drug-likeness (QED) is 0.683. The van der Waals surface area contributed by atoms with Gasteiger partial charge < -0.3 is 14.7 Å². The summed E-state index contributed by atoms with van der Waals surface area (Å²) in [5, 5.41) is 10.4. The van der Waals surface area contributed by atoms with Crippen molar-refractivity contribution >= 4 is 34.5 Å². The molecule has 1 fully saturated rings. The number of carbonyl (C=O) groups is 2. The molecule has 4 rings (SSSR count). The van der Waals surface area contributed by atoms with E-state index in [9.17, 15) is 14.7 Å². The molecule has 0 spiro atoms. The molecule has 160 valence electrons. The van der Waals surface area contributed by atoms with Gasteiger partial charge in [-0.1, -0.05) is 29.8 Å². The topological polar surface area (TPSA) is 66.8 Å². The largest absolute Gasteiger partial charge is 0.387 e. The maximum absolute atomic E-state index is 13.3. The van der Waals surface area contributed by atoms with Gasteiger partial charge in [0.25, 0.3) is 0 Å². The van der Waals surface area contributed by atoms with E-state index in [4.69, 9.17) is 16.3 Å². The Bertz CT molecular complexity index is 950. The van der Waals surface area contributed by atoms with Crippen molar-refractivity contribution in [2.75, 3.05) is 33.4 Å². The molecule has 0 amide bonds. The predicted octanol–water partition coefficient (Wildman–Crippen LogP) is 3.71. The highest BCUT2D eigenvalue weighted by Crippen LogP contribution is 2.37. The highest BCUT2D eigenvalue weighted by Gasteiger charge is 2.43. The first kappa shape index (κ1) is 21.7. The summed E-state index contributed by atoms with van der Waals surface area (Å²) >= 11 is 7.22. The van der Waals surface area contributed by atoms with E-state index in [0.29, 0.717) is 28.8 Å². The van der Waals surface area contributed by atoms with Crippen LogP contribution in [0.3, 0.4) is 0 Å². The summed E-state index contributed by atoms with van der Waals surface area (Å²) in [6.07, 6.45) is 1.31. The highest BCUT2D eigenvalue weighted by molar-refractivity contribution is 7.18. The van der Waals surface area contributed by atoms with Crippen molar-refractivity contribution in [1.29, 1.82) is 0 Å². The Morgan fingerprint density at radius 3 is 2.87 bits per heavy atom. The van der Waals surface area contributed by atoms with Crippen molar-refractivity contribution in [3.63, 3.8) is 0 Å². The number of hydrogen-bond donors (Lipinski definition) is 1. The average molecular weight is 448 g/mol. The van der Waals surface area contributed by atoms with Crippen LogP contribution in [0.15, 0.2) is 30.3 Å². The number of aliphatic hydroxyl groups is 1. The number of Topliss-reactive ketones (excluding diaryl/α,β-unsaturated/α-hetero) is 2. The van der Waals surface area contributed by atoms with Crippen LogP contribution in [-0.4, -0.2) is 54.9 Å². The molecule has 1 saturated heterocycles. The van der Waals surface area contributed by atoms with Crippen molar-refractivity contribution < 1.29 is 19.4 Å². The lowest BCUT2D eigenvalue weighted by Crippen LogP contribution is -2.35. The van der Waals surface area contributed by atoms with E-state index in [1.165, 1.54) is 11.3 Å². The third-order valence-corrected chi connectivity index (χ3v) is 7.49. The molecule has 5 nitrogen and oxygen atoms in total. The first-order chi connectivity index (χ1) is 14.4. The number of β-amino-alcohol motifs (C(OH)–C–C–N with tert-alkyl or cyclic N) is 1. The maximum atomic E-state index is 13.3.